The standard InChI is InChI=1S/C18H10N8O/c19-10-13(11-20)16(12-21)22-15-8-4-5-9-17(15)27-18-23-24-25-26(18)14-6-2-1-3-7-14/h1-9,22H. The van der Waals surface area contributed by atoms with Crippen LogP contribution in [0, 0.1) is 34.0 Å². The van der Waals surface area contributed by atoms with E-state index in [1.165, 1.54) is 4.68 Å². The zero-order chi connectivity index (χ0) is 19.1. The third-order valence-corrected chi connectivity index (χ3v) is 3.38. The van der Waals surface area contributed by atoms with Crippen LogP contribution in [0.5, 0.6) is 11.8 Å². The summed E-state index contributed by atoms with van der Waals surface area (Å²) in [5.41, 5.74) is 0.566. The van der Waals surface area contributed by atoms with Crippen molar-refractivity contribution in [3.05, 3.63) is 65.9 Å². The molecule has 0 bridgehead atoms. The number of nitriles is 3. The Hall–Kier alpha value is -4.68. The molecule has 0 spiro atoms. The van der Waals surface area contributed by atoms with Gasteiger partial charge in [0, 0.05) is 0 Å². The van der Waals surface area contributed by atoms with E-state index >= 15 is 0 Å². The quantitative estimate of drug-likeness (QED) is 0.690. The van der Waals surface area contributed by atoms with Crippen molar-refractivity contribution >= 4 is 5.69 Å². The molecule has 0 fully saturated rings. The summed E-state index contributed by atoms with van der Waals surface area (Å²) in [6, 6.07) is 21.1. The van der Waals surface area contributed by atoms with Gasteiger partial charge in [0.25, 0.3) is 0 Å². The topological polar surface area (TPSA) is 136 Å². The molecule has 0 aliphatic heterocycles. The highest BCUT2D eigenvalue weighted by atomic mass is 16.5. The van der Waals surface area contributed by atoms with Gasteiger partial charge in [-0.25, -0.2) is 0 Å². The van der Waals surface area contributed by atoms with Crippen LogP contribution in [0.1, 0.15) is 0 Å². The van der Waals surface area contributed by atoms with Crippen molar-refractivity contribution in [2.75, 3.05) is 5.32 Å². The third kappa shape index (κ3) is 3.71. The zero-order valence-corrected chi connectivity index (χ0v) is 13.7. The molecule has 3 rings (SSSR count). The number of tetrazole rings is 1. The lowest BCUT2D eigenvalue weighted by atomic mass is 10.2. The van der Waals surface area contributed by atoms with Gasteiger partial charge in [0.2, 0.25) is 0 Å². The molecule has 2 aromatic carbocycles. The van der Waals surface area contributed by atoms with E-state index in [1.54, 1.807) is 42.5 Å². The SMILES string of the molecule is N#CC(C#N)=C(C#N)Nc1ccccc1Oc1nnnn1-c1ccccc1. The van der Waals surface area contributed by atoms with E-state index in [2.05, 4.69) is 20.8 Å². The third-order valence-electron chi connectivity index (χ3n) is 3.38. The molecule has 0 radical (unpaired) electrons. The van der Waals surface area contributed by atoms with E-state index in [1.807, 2.05) is 30.3 Å². The number of hydrogen-bond donors (Lipinski definition) is 1. The Morgan fingerprint density at radius 2 is 1.63 bits per heavy atom. The summed E-state index contributed by atoms with van der Waals surface area (Å²) in [7, 11) is 0. The second-order valence-electron chi connectivity index (χ2n) is 5.02. The number of nitrogens with zero attached hydrogens (tertiary/aromatic N) is 7. The van der Waals surface area contributed by atoms with Crippen LogP contribution in [0.2, 0.25) is 0 Å². The zero-order valence-electron chi connectivity index (χ0n) is 13.7. The van der Waals surface area contributed by atoms with Gasteiger partial charge in [-0.3, -0.25) is 0 Å². The van der Waals surface area contributed by atoms with Gasteiger partial charge in [-0.05, 0) is 34.7 Å². The summed E-state index contributed by atoms with van der Waals surface area (Å²) in [5.74, 6) is 0.312. The van der Waals surface area contributed by atoms with E-state index in [9.17, 15) is 5.26 Å². The molecule has 3 aromatic rings. The second kappa shape index (κ2) is 7.93. The molecule has 0 aliphatic rings. The molecular formula is C18H10N8O. The van der Waals surface area contributed by atoms with E-state index < -0.39 is 0 Å². The minimum Gasteiger partial charge on any atom is -0.421 e. The van der Waals surface area contributed by atoms with E-state index in [0.717, 1.165) is 0 Å². The van der Waals surface area contributed by atoms with E-state index in [4.69, 9.17) is 15.3 Å². The molecule has 128 valence electrons. The van der Waals surface area contributed by atoms with Crippen LogP contribution in [0.15, 0.2) is 65.9 Å². The number of anilines is 1. The summed E-state index contributed by atoms with van der Waals surface area (Å²) in [5, 5.41) is 41.3. The van der Waals surface area contributed by atoms with Crippen molar-refractivity contribution in [1.82, 2.24) is 20.2 Å². The number of allylic oxidation sites excluding steroid dienone is 2. The number of para-hydroxylation sites is 3. The molecule has 27 heavy (non-hydrogen) atoms. The van der Waals surface area contributed by atoms with E-state index in [0.29, 0.717) is 17.1 Å². The lowest BCUT2D eigenvalue weighted by Gasteiger charge is -2.11. The van der Waals surface area contributed by atoms with Crippen molar-refractivity contribution in [2.45, 2.75) is 0 Å². The van der Waals surface area contributed by atoms with Crippen LogP contribution >= 0.6 is 0 Å². The van der Waals surface area contributed by atoms with Crippen LogP contribution in [-0.4, -0.2) is 20.2 Å². The van der Waals surface area contributed by atoms with E-state index in [-0.39, 0.29) is 17.3 Å². The largest absolute Gasteiger partial charge is 0.421 e. The highest BCUT2D eigenvalue weighted by Gasteiger charge is 2.14. The fourth-order valence-electron chi connectivity index (χ4n) is 2.15. The number of nitrogens with one attached hydrogen (secondary N) is 1. The highest BCUT2D eigenvalue weighted by molar-refractivity contribution is 5.64. The summed E-state index contributed by atoms with van der Waals surface area (Å²) >= 11 is 0. The minimum absolute atomic E-state index is 0.110. The van der Waals surface area contributed by atoms with Crippen molar-refractivity contribution in [3.63, 3.8) is 0 Å². The first-order valence-electron chi connectivity index (χ1n) is 7.59. The Morgan fingerprint density at radius 3 is 2.33 bits per heavy atom. The smallest absolute Gasteiger partial charge is 0.345 e. The molecule has 0 saturated heterocycles. The summed E-state index contributed by atoms with van der Waals surface area (Å²) in [4.78, 5) is 0. The molecule has 1 N–H and O–H groups in total. The lowest BCUT2D eigenvalue weighted by molar-refractivity contribution is 0.429. The lowest BCUT2D eigenvalue weighted by Crippen LogP contribution is -2.04. The van der Waals surface area contributed by atoms with Gasteiger partial charge in [-0.1, -0.05) is 35.4 Å². The van der Waals surface area contributed by atoms with Crippen molar-refractivity contribution in [2.24, 2.45) is 0 Å². The molecule has 1 aromatic heterocycles. The molecule has 1 heterocycles. The summed E-state index contributed by atoms with van der Waals surface area (Å²) in [6.07, 6.45) is 0. The summed E-state index contributed by atoms with van der Waals surface area (Å²) in [6.45, 7) is 0. The van der Waals surface area contributed by atoms with Crippen LogP contribution in [0.25, 0.3) is 5.69 Å². The van der Waals surface area contributed by atoms with Gasteiger partial charge in [0.15, 0.2) is 11.3 Å². The number of rotatable bonds is 5. The molecule has 9 nitrogen and oxygen atoms in total. The minimum atomic E-state index is -0.332. The first kappa shape index (κ1) is 17.2. The van der Waals surface area contributed by atoms with Gasteiger partial charge in [-0.2, -0.15) is 20.5 Å². The van der Waals surface area contributed by atoms with Crippen molar-refractivity contribution < 1.29 is 4.74 Å². The van der Waals surface area contributed by atoms with Crippen LogP contribution in [0.4, 0.5) is 5.69 Å². The van der Waals surface area contributed by atoms with Gasteiger partial charge < -0.3 is 10.1 Å². The monoisotopic (exact) mass is 354 g/mol. The Labute approximate surface area is 154 Å². The van der Waals surface area contributed by atoms with Gasteiger partial charge in [-0.15, -0.1) is 0 Å². The summed E-state index contributed by atoms with van der Waals surface area (Å²) < 4.78 is 7.20. The Bertz CT molecular complexity index is 1100. The van der Waals surface area contributed by atoms with Crippen molar-refractivity contribution in [1.29, 1.82) is 15.8 Å². The second-order valence-corrected chi connectivity index (χ2v) is 5.02. The fraction of sp³-hybridized carbons (Fsp3) is 0. The molecule has 0 atom stereocenters. The first-order chi connectivity index (χ1) is 13.3. The molecule has 0 amide bonds. The van der Waals surface area contributed by atoms with Crippen LogP contribution in [-0.2, 0) is 0 Å². The number of aromatic nitrogens is 4. The Kier molecular flexibility index (Phi) is 5.04. The molecule has 0 saturated carbocycles. The van der Waals surface area contributed by atoms with Gasteiger partial charge >= 0.3 is 6.01 Å². The maximum atomic E-state index is 9.21. The Morgan fingerprint density at radius 1 is 0.926 bits per heavy atom. The van der Waals surface area contributed by atoms with Crippen LogP contribution in [0.3, 0.4) is 0 Å². The van der Waals surface area contributed by atoms with Gasteiger partial charge in [0.05, 0.1) is 11.4 Å². The molecule has 0 unspecified atom stereocenters. The first-order valence-corrected chi connectivity index (χ1v) is 7.59. The average Bonchev–Trinajstić information content (AvgIpc) is 3.18. The number of benzene rings is 2. The average molecular weight is 354 g/mol. The fourth-order valence-corrected chi connectivity index (χ4v) is 2.15. The normalized spacial score (nSPS) is 9.37. The molecular weight excluding hydrogens is 344 g/mol. The number of ether oxygens (including phenoxy) is 1. The number of hydrogen-bond acceptors (Lipinski definition) is 8. The highest BCUT2D eigenvalue weighted by Crippen LogP contribution is 2.30. The molecule has 9 heteroatoms. The predicted molar refractivity (Wildman–Crippen MR) is 93.2 cm³/mol. The van der Waals surface area contributed by atoms with Crippen LogP contribution < -0.4 is 10.1 Å². The maximum absolute atomic E-state index is 9.21. The Balaban J connectivity index is 1.95. The maximum Gasteiger partial charge on any atom is 0.345 e. The van der Waals surface area contributed by atoms with Crippen molar-refractivity contribution in [3.8, 4) is 35.7 Å². The predicted octanol–water partition coefficient (Wildman–Crippen LogP) is 2.69. The molecule has 0 aliphatic carbocycles. The van der Waals surface area contributed by atoms with Gasteiger partial charge in [0.1, 0.15) is 23.9 Å².